The third kappa shape index (κ3) is 6.66. The Bertz CT molecular complexity index is 1350. The number of amides is 2. The van der Waals surface area contributed by atoms with Crippen molar-refractivity contribution in [2.24, 2.45) is 5.92 Å². The second-order valence-electron chi connectivity index (χ2n) is 11.4. The zero-order valence-electron chi connectivity index (χ0n) is 25.7. The van der Waals surface area contributed by atoms with Gasteiger partial charge >= 0.3 is 0 Å². The first-order chi connectivity index (χ1) is 20.2. The zero-order chi connectivity index (χ0) is 30.4. The van der Waals surface area contributed by atoms with E-state index in [1.807, 2.05) is 26.0 Å². The van der Waals surface area contributed by atoms with Crippen LogP contribution >= 0.6 is 0 Å². The lowest BCUT2D eigenvalue weighted by Gasteiger charge is -2.28. The predicted octanol–water partition coefficient (Wildman–Crippen LogP) is 5.14. The summed E-state index contributed by atoms with van der Waals surface area (Å²) in [5.74, 6) is 1.22. The van der Waals surface area contributed by atoms with Gasteiger partial charge in [-0.2, -0.15) is 0 Å². The van der Waals surface area contributed by atoms with Gasteiger partial charge in [0.15, 0.2) is 11.5 Å². The Kier molecular flexibility index (Phi) is 10.4. The molecule has 2 aromatic carbocycles. The summed E-state index contributed by atoms with van der Waals surface area (Å²) in [6.45, 7) is 5.54. The second-order valence-corrected chi connectivity index (χ2v) is 11.4. The van der Waals surface area contributed by atoms with Crippen LogP contribution in [0.25, 0.3) is 11.1 Å². The Hall–Kier alpha value is -3.75. The van der Waals surface area contributed by atoms with Crippen LogP contribution in [0.1, 0.15) is 82.9 Å². The first-order valence-electron chi connectivity index (χ1n) is 15.1. The first-order valence-corrected chi connectivity index (χ1v) is 15.1. The molecule has 0 heterocycles. The number of rotatable bonds is 10. The van der Waals surface area contributed by atoms with Crippen molar-refractivity contribution in [1.29, 1.82) is 0 Å². The Labute approximate surface area is 248 Å². The van der Waals surface area contributed by atoms with E-state index in [9.17, 15) is 14.4 Å². The van der Waals surface area contributed by atoms with E-state index >= 15 is 0 Å². The molecule has 228 valence electrons. The van der Waals surface area contributed by atoms with Gasteiger partial charge in [0.25, 0.3) is 0 Å². The SMILES string of the molecule is CC[C@@H](C)[C@H](Nc1ccc2c(cc1=O)[C@@H](NC(C)=O)CCc1cc(OC)c(OC)c(OC)c1-2)C(=O)NC1CCCCC1. The Morgan fingerprint density at radius 2 is 1.67 bits per heavy atom. The molecule has 3 atom stereocenters. The van der Waals surface area contributed by atoms with E-state index in [1.165, 1.54) is 13.3 Å². The van der Waals surface area contributed by atoms with Gasteiger partial charge in [-0.15, -0.1) is 0 Å². The fourth-order valence-electron chi connectivity index (χ4n) is 6.23. The average Bonchev–Trinajstić information content (AvgIpc) is 3.23. The lowest BCUT2D eigenvalue weighted by Crippen LogP contribution is -2.48. The van der Waals surface area contributed by atoms with Gasteiger partial charge in [0.1, 0.15) is 6.04 Å². The summed E-state index contributed by atoms with van der Waals surface area (Å²) in [6, 6.07) is 6.32. The molecule has 2 aliphatic rings. The molecule has 2 amide bonds. The van der Waals surface area contributed by atoms with E-state index in [0.29, 0.717) is 41.3 Å². The van der Waals surface area contributed by atoms with Crippen LogP contribution in [0.2, 0.25) is 0 Å². The molecule has 0 spiro atoms. The molecule has 2 aromatic rings. The van der Waals surface area contributed by atoms with Crippen molar-refractivity contribution in [3.05, 3.63) is 45.6 Å². The van der Waals surface area contributed by atoms with Crippen LogP contribution in [-0.4, -0.2) is 45.2 Å². The third-order valence-electron chi connectivity index (χ3n) is 8.67. The van der Waals surface area contributed by atoms with Gasteiger partial charge in [-0.25, -0.2) is 0 Å². The summed E-state index contributed by atoms with van der Waals surface area (Å²) in [6.07, 6.45) is 7.38. The summed E-state index contributed by atoms with van der Waals surface area (Å²) in [5.41, 5.74) is 3.24. The largest absolute Gasteiger partial charge is 0.493 e. The Morgan fingerprint density at radius 3 is 2.29 bits per heavy atom. The van der Waals surface area contributed by atoms with Crippen molar-refractivity contribution < 1.29 is 23.8 Å². The van der Waals surface area contributed by atoms with Crippen LogP contribution < -0.4 is 35.6 Å². The molecule has 2 aliphatic carbocycles. The number of aryl methyl sites for hydroxylation is 1. The van der Waals surface area contributed by atoms with Gasteiger partial charge in [-0.05, 0) is 66.5 Å². The van der Waals surface area contributed by atoms with Crippen molar-refractivity contribution in [1.82, 2.24) is 10.6 Å². The number of nitrogens with one attached hydrogen (secondary N) is 3. The van der Waals surface area contributed by atoms with Crippen LogP contribution in [0.4, 0.5) is 5.69 Å². The first kappa shape index (κ1) is 31.2. The molecule has 0 bridgehead atoms. The number of hydrogen-bond donors (Lipinski definition) is 3. The maximum absolute atomic E-state index is 13.8. The Morgan fingerprint density at radius 1 is 0.952 bits per heavy atom. The molecule has 0 saturated heterocycles. The number of carbonyl (C=O) groups is 2. The number of benzene rings is 1. The van der Waals surface area contributed by atoms with Gasteiger partial charge in [-0.1, -0.05) is 45.6 Å². The highest BCUT2D eigenvalue weighted by Crippen LogP contribution is 2.50. The zero-order valence-corrected chi connectivity index (χ0v) is 25.7. The molecule has 1 saturated carbocycles. The van der Waals surface area contributed by atoms with Crippen molar-refractivity contribution in [3.8, 4) is 28.4 Å². The third-order valence-corrected chi connectivity index (χ3v) is 8.67. The van der Waals surface area contributed by atoms with Crippen molar-refractivity contribution in [2.45, 2.75) is 90.3 Å². The van der Waals surface area contributed by atoms with E-state index in [2.05, 4.69) is 16.0 Å². The highest BCUT2D eigenvalue weighted by atomic mass is 16.5. The van der Waals surface area contributed by atoms with Gasteiger partial charge in [0.2, 0.25) is 23.0 Å². The molecule has 3 N–H and O–H groups in total. The van der Waals surface area contributed by atoms with E-state index in [0.717, 1.165) is 48.8 Å². The minimum absolute atomic E-state index is 0.000927. The topological polar surface area (TPSA) is 115 Å². The van der Waals surface area contributed by atoms with Crippen LogP contribution in [0.3, 0.4) is 0 Å². The van der Waals surface area contributed by atoms with Crippen LogP contribution in [0.15, 0.2) is 29.1 Å². The van der Waals surface area contributed by atoms with Crippen molar-refractivity contribution in [3.63, 3.8) is 0 Å². The molecular formula is C33H45N3O6. The maximum Gasteiger partial charge on any atom is 0.242 e. The quantitative estimate of drug-likeness (QED) is 0.357. The molecule has 9 heteroatoms. The van der Waals surface area contributed by atoms with Crippen LogP contribution in [0.5, 0.6) is 17.2 Å². The lowest BCUT2D eigenvalue weighted by molar-refractivity contribution is -0.123. The summed E-state index contributed by atoms with van der Waals surface area (Å²) in [5, 5.41) is 9.57. The number of anilines is 1. The van der Waals surface area contributed by atoms with Crippen LogP contribution in [-0.2, 0) is 16.0 Å². The molecule has 0 radical (unpaired) electrons. The Balaban J connectivity index is 1.84. The molecular weight excluding hydrogens is 534 g/mol. The maximum atomic E-state index is 13.8. The molecule has 0 aromatic heterocycles. The normalized spacial score (nSPS) is 17.9. The fraction of sp³-hybridized carbons (Fsp3) is 0.545. The van der Waals surface area contributed by atoms with Gasteiger partial charge in [0, 0.05) is 18.5 Å². The minimum Gasteiger partial charge on any atom is -0.493 e. The highest BCUT2D eigenvalue weighted by molar-refractivity contribution is 5.86. The number of carbonyl (C=O) groups excluding carboxylic acids is 2. The number of methoxy groups -OCH3 is 3. The van der Waals surface area contributed by atoms with Crippen molar-refractivity contribution >= 4 is 17.5 Å². The minimum atomic E-state index is -0.566. The molecule has 0 unspecified atom stereocenters. The van der Waals surface area contributed by atoms with E-state index in [-0.39, 0.29) is 29.2 Å². The lowest BCUT2D eigenvalue weighted by atomic mass is 9.93. The smallest absolute Gasteiger partial charge is 0.242 e. The number of hydrogen-bond acceptors (Lipinski definition) is 7. The molecule has 1 fully saturated rings. The van der Waals surface area contributed by atoms with E-state index < -0.39 is 12.1 Å². The highest BCUT2D eigenvalue weighted by Gasteiger charge is 2.31. The fourth-order valence-corrected chi connectivity index (χ4v) is 6.23. The predicted molar refractivity (Wildman–Crippen MR) is 165 cm³/mol. The summed E-state index contributed by atoms with van der Waals surface area (Å²) in [4.78, 5) is 39.5. The summed E-state index contributed by atoms with van der Waals surface area (Å²) in [7, 11) is 4.71. The number of ether oxygens (including phenoxy) is 3. The summed E-state index contributed by atoms with van der Waals surface area (Å²) >= 11 is 0. The standard InChI is InChI=1S/C33H45N3O6/c1-7-19(2)30(33(39)35-22-11-9-8-10-12-22)36-26-16-14-23-24(18-27(26)38)25(34-20(3)37)15-13-21-17-28(40-4)31(41-5)32(42-6)29(21)23/h14,16-19,22,25,30H,7-13,15H2,1-6H3,(H,34,37)(H,35,39)(H,36,38)/t19-,25+,30+/m1/s1. The van der Waals surface area contributed by atoms with Gasteiger partial charge in [-0.3, -0.25) is 14.4 Å². The van der Waals surface area contributed by atoms with Gasteiger partial charge < -0.3 is 30.2 Å². The average molecular weight is 580 g/mol. The molecule has 4 rings (SSSR count). The molecule has 42 heavy (non-hydrogen) atoms. The molecule has 0 aliphatic heterocycles. The molecule has 9 nitrogen and oxygen atoms in total. The van der Waals surface area contributed by atoms with Crippen molar-refractivity contribution in [2.75, 3.05) is 26.6 Å². The monoisotopic (exact) mass is 579 g/mol. The van der Waals surface area contributed by atoms with Crippen LogP contribution in [0, 0.1) is 5.92 Å². The van der Waals surface area contributed by atoms with E-state index in [1.54, 1.807) is 33.5 Å². The summed E-state index contributed by atoms with van der Waals surface area (Å²) < 4.78 is 17.2. The second kappa shape index (κ2) is 13.9. The van der Waals surface area contributed by atoms with E-state index in [4.69, 9.17) is 14.2 Å². The van der Waals surface area contributed by atoms with Gasteiger partial charge in [0.05, 0.1) is 33.1 Å². The number of fused-ring (bicyclic) bond motifs is 3.